The Morgan fingerprint density at radius 3 is 2.54 bits per heavy atom. The maximum Gasteiger partial charge on any atom is 0.0447 e. The van der Waals surface area contributed by atoms with Gasteiger partial charge in [0.05, 0.1) is 0 Å². The molecule has 0 atom stereocenters. The first-order chi connectivity index (χ1) is 11.6. The molecule has 0 unspecified atom stereocenters. The Labute approximate surface area is 150 Å². The Kier molecular flexibility index (Phi) is 5.30. The van der Waals surface area contributed by atoms with Crippen molar-refractivity contribution in [2.45, 2.75) is 46.0 Å². The molecule has 1 aliphatic rings. The number of benzene rings is 2. The van der Waals surface area contributed by atoms with Crippen molar-refractivity contribution in [3.05, 3.63) is 70.3 Å². The van der Waals surface area contributed by atoms with Crippen LogP contribution in [0.3, 0.4) is 0 Å². The topological polar surface area (TPSA) is 12.0 Å². The maximum absolute atomic E-state index is 6.56. The number of halogens is 1. The van der Waals surface area contributed by atoms with Gasteiger partial charge in [-0.3, -0.25) is 0 Å². The molecular formula is C22H26ClN. The Balaban J connectivity index is 1.80. The number of hydrogen-bond donors (Lipinski definition) is 1. The van der Waals surface area contributed by atoms with Gasteiger partial charge in [-0.1, -0.05) is 55.6 Å². The van der Waals surface area contributed by atoms with E-state index in [1.807, 2.05) is 6.07 Å². The van der Waals surface area contributed by atoms with Gasteiger partial charge in [-0.05, 0) is 73.1 Å². The van der Waals surface area contributed by atoms with Gasteiger partial charge in [-0.2, -0.15) is 0 Å². The monoisotopic (exact) mass is 339 g/mol. The van der Waals surface area contributed by atoms with E-state index in [2.05, 4.69) is 56.1 Å². The van der Waals surface area contributed by atoms with E-state index in [0.29, 0.717) is 0 Å². The molecule has 0 radical (unpaired) electrons. The second kappa shape index (κ2) is 7.44. The largest absolute Gasteiger partial charge is 0.356 e. The smallest absolute Gasteiger partial charge is 0.0447 e. The summed E-state index contributed by atoms with van der Waals surface area (Å²) in [6, 6.07) is 12.7. The van der Waals surface area contributed by atoms with E-state index in [9.17, 15) is 0 Å². The highest BCUT2D eigenvalue weighted by Gasteiger charge is 2.21. The highest BCUT2D eigenvalue weighted by Crippen LogP contribution is 2.35. The fraction of sp³-hybridized carbons (Fsp3) is 0.364. The predicted octanol–water partition coefficient (Wildman–Crippen LogP) is 6.64. The molecule has 126 valence electrons. The molecule has 1 aliphatic carbocycles. The van der Waals surface area contributed by atoms with E-state index in [1.165, 1.54) is 36.0 Å². The van der Waals surface area contributed by atoms with Gasteiger partial charge in [-0.15, -0.1) is 0 Å². The molecule has 2 heteroatoms. The van der Waals surface area contributed by atoms with E-state index in [1.54, 1.807) is 0 Å². The summed E-state index contributed by atoms with van der Waals surface area (Å²) >= 11 is 6.56. The average molecular weight is 340 g/mol. The molecule has 0 spiro atoms. The quantitative estimate of drug-likeness (QED) is 0.596. The van der Waals surface area contributed by atoms with E-state index >= 15 is 0 Å². The molecule has 1 saturated carbocycles. The molecule has 0 saturated heterocycles. The first kappa shape index (κ1) is 17.1. The standard InChI is InChI=1S/C22H26ClN/c1-4-21-18(10-9-17-7-8-17)13-19(14-22(21)23)16(3)24-20-11-5-15(2)6-12-20/h5-6,11-14,17,24H,3-4,7-10H2,1-2H3. The zero-order valence-electron chi connectivity index (χ0n) is 14.7. The number of rotatable bonds is 7. The lowest BCUT2D eigenvalue weighted by Gasteiger charge is -2.16. The van der Waals surface area contributed by atoms with Crippen molar-refractivity contribution >= 4 is 23.0 Å². The molecule has 24 heavy (non-hydrogen) atoms. The van der Waals surface area contributed by atoms with Crippen LogP contribution in [0, 0.1) is 12.8 Å². The molecule has 0 heterocycles. The van der Waals surface area contributed by atoms with Crippen LogP contribution in [0.2, 0.25) is 5.02 Å². The van der Waals surface area contributed by atoms with E-state index in [0.717, 1.165) is 40.7 Å². The summed E-state index contributed by atoms with van der Waals surface area (Å²) in [5, 5.41) is 4.27. The van der Waals surface area contributed by atoms with Crippen LogP contribution in [-0.4, -0.2) is 0 Å². The minimum Gasteiger partial charge on any atom is -0.356 e. The summed E-state index contributed by atoms with van der Waals surface area (Å²) in [4.78, 5) is 0. The van der Waals surface area contributed by atoms with Gasteiger partial charge in [-0.25, -0.2) is 0 Å². The number of aryl methyl sites for hydroxylation is 2. The predicted molar refractivity (Wildman–Crippen MR) is 106 cm³/mol. The van der Waals surface area contributed by atoms with Crippen LogP contribution < -0.4 is 5.32 Å². The van der Waals surface area contributed by atoms with Crippen LogP contribution in [0.25, 0.3) is 5.70 Å². The fourth-order valence-electron chi connectivity index (χ4n) is 3.14. The molecule has 1 nitrogen and oxygen atoms in total. The molecule has 0 aromatic heterocycles. The molecule has 0 amide bonds. The van der Waals surface area contributed by atoms with Gasteiger partial charge in [0.2, 0.25) is 0 Å². The molecular weight excluding hydrogens is 314 g/mol. The van der Waals surface area contributed by atoms with Crippen molar-refractivity contribution in [3.63, 3.8) is 0 Å². The van der Waals surface area contributed by atoms with Crippen molar-refractivity contribution in [3.8, 4) is 0 Å². The van der Waals surface area contributed by atoms with Crippen molar-refractivity contribution in [1.29, 1.82) is 0 Å². The first-order valence-electron chi connectivity index (χ1n) is 8.91. The molecule has 2 aromatic rings. The van der Waals surface area contributed by atoms with Crippen LogP contribution in [0.5, 0.6) is 0 Å². The van der Waals surface area contributed by atoms with Gasteiger partial charge in [0.1, 0.15) is 0 Å². The minimum absolute atomic E-state index is 0.868. The van der Waals surface area contributed by atoms with E-state index < -0.39 is 0 Å². The van der Waals surface area contributed by atoms with Crippen LogP contribution >= 0.6 is 11.6 Å². The second-order valence-electron chi connectivity index (χ2n) is 6.90. The summed E-state index contributed by atoms with van der Waals surface area (Å²) in [5.74, 6) is 0.936. The molecule has 1 fully saturated rings. The number of nitrogens with one attached hydrogen (secondary N) is 1. The molecule has 0 aliphatic heterocycles. The molecule has 3 rings (SSSR count). The average Bonchev–Trinajstić information content (AvgIpc) is 3.39. The van der Waals surface area contributed by atoms with Gasteiger partial charge < -0.3 is 5.32 Å². The van der Waals surface area contributed by atoms with Gasteiger partial charge >= 0.3 is 0 Å². The van der Waals surface area contributed by atoms with Crippen molar-refractivity contribution in [1.82, 2.24) is 0 Å². The Bertz CT molecular complexity index is 726. The molecule has 2 aromatic carbocycles. The Hall–Kier alpha value is -1.73. The lowest BCUT2D eigenvalue weighted by molar-refractivity contribution is 0.722. The Morgan fingerprint density at radius 1 is 1.21 bits per heavy atom. The summed E-state index contributed by atoms with van der Waals surface area (Å²) < 4.78 is 0. The zero-order chi connectivity index (χ0) is 17.1. The summed E-state index contributed by atoms with van der Waals surface area (Å²) in [7, 11) is 0. The first-order valence-corrected chi connectivity index (χ1v) is 9.29. The van der Waals surface area contributed by atoms with E-state index in [4.69, 9.17) is 11.6 Å². The highest BCUT2D eigenvalue weighted by atomic mass is 35.5. The van der Waals surface area contributed by atoms with E-state index in [-0.39, 0.29) is 0 Å². The molecule has 0 bridgehead atoms. The summed E-state index contributed by atoms with van der Waals surface area (Å²) in [6.45, 7) is 8.49. The fourth-order valence-corrected chi connectivity index (χ4v) is 3.51. The van der Waals surface area contributed by atoms with Gasteiger partial charge in [0.15, 0.2) is 0 Å². The number of anilines is 1. The SMILES string of the molecule is C=C(Nc1ccc(C)cc1)c1cc(Cl)c(CC)c(CCC2CC2)c1. The van der Waals surface area contributed by atoms with Gasteiger partial charge in [0, 0.05) is 16.4 Å². The van der Waals surface area contributed by atoms with Crippen LogP contribution in [0.15, 0.2) is 43.0 Å². The van der Waals surface area contributed by atoms with Crippen LogP contribution in [0.4, 0.5) is 5.69 Å². The summed E-state index contributed by atoms with van der Waals surface area (Å²) in [6.07, 6.45) is 6.19. The normalized spacial score (nSPS) is 13.8. The highest BCUT2D eigenvalue weighted by molar-refractivity contribution is 6.31. The van der Waals surface area contributed by atoms with Gasteiger partial charge in [0.25, 0.3) is 0 Å². The lowest BCUT2D eigenvalue weighted by atomic mass is 9.96. The van der Waals surface area contributed by atoms with Crippen molar-refractivity contribution < 1.29 is 0 Å². The third kappa shape index (κ3) is 4.21. The third-order valence-corrected chi connectivity index (χ3v) is 5.19. The molecule has 1 N–H and O–H groups in total. The second-order valence-corrected chi connectivity index (χ2v) is 7.31. The van der Waals surface area contributed by atoms with Crippen LogP contribution in [0.1, 0.15) is 48.4 Å². The lowest BCUT2D eigenvalue weighted by Crippen LogP contribution is -2.02. The third-order valence-electron chi connectivity index (χ3n) is 4.86. The summed E-state index contributed by atoms with van der Waals surface area (Å²) in [5.41, 5.74) is 6.98. The zero-order valence-corrected chi connectivity index (χ0v) is 15.4. The minimum atomic E-state index is 0.868. The maximum atomic E-state index is 6.56. The van der Waals surface area contributed by atoms with Crippen molar-refractivity contribution in [2.75, 3.05) is 5.32 Å². The Morgan fingerprint density at radius 2 is 1.92 bits per heavy atom. The van der Waals surface area contributed by atoms with Crippen molar-refractivity contribution in [2.24, 2.45) is 5.92 Å². The van der Waals surface area contributed by atoms with Crippen LogP contribution in [-0.2, 0) is 12.8 Å². The number of hydrogen-bond acceptors (Lipinski definition) is 1.